The van der Waals surface area contributed by atoms with Gasteiger partial charge in [0.1, 0.15) is 6.26 Å². The lowest BCUT2D eigenvalue weighted by atomic mass is 9.87. The molecule has 0 aliphatic carbocycles. The van der Waals surface area contributed by atoms with Crippen LogP contribution in [0.25, 0.3) is 0 Å². The van der Waals surface area contributed by atoms with Crippen LogP contribution in [0.15, 0.2) is 10.7 Å². The molecule has 0 unspecified atom stereocenters. The standard InChI is InChI=1S/C10H17N3O2/c1-6-5-15-9(12-6)13-8(14)7(11)10(2,3)4/h5,7H,11H2,1-4H3,(H,12,13,14)/t7-/m1/s1. The third-order valence-electron chi connectivity index (χ3n) is 2.06. The number of hydrogen-bond acceptors (Lipinski definition) is 4. The molecule has 1 rings (SSSR count). The Kier molecular flexibility index (Phi) is 3.14. The lowest BCUT2D eigenvalue weighted by Gasteiger charge is -2.24. The molecule has 3 N–H and O–H groups in total. The first-order valence-corrected chi connectivity index (χ1v) is 4.79. The Bertz CT molecular complexity index is 352. The zero-order valence-corrected chi connectivity index (χ0v) is 9.50. The Balaban J connectivity index is 2.64. The van der Waals surface area contributed by atoms with Gasteiger partial charge in [-0.1, -0.05) is 20.8 Å². The van der Waals surface area contributed by atoms with Crippen LogP contribution in [-0.2, 0) is 4.79 Å². The van der Waals surface area contributed by atoms with Gasteiger partial charge in [-0.15, -0.1) is 0 Å². The summed E-state index contributed by atoms with van der Waals surface area (Å²) in [5, 5.41) is 2.53. The summed E-state index contributed by atoms with van der Waals surface area (Å²) in [6.07, 6.45) is 1.47. The van der Waals surface area contributed by atoms with E-state index in [0.29, 0.717) is 0 Å². The van der Waals surface area contributed by atoms with E-state index in [1.807, 2.05) is 20.8 Å². The molecule has 0 saturated carbocycles. The summed E-state index contributed by atoms with van der Waals surface area (Å²) in [4.78, 5) is 15.6. The van der Waals surface area contributed by atoms with E-state index in [-0.39, 0.29) is 17.3 Å². The summed E-state index contributed by atoms with van der Waals surface area (Å²) in [5.41, 5.74) is 6.20. The molecule has 1 atom stereocenters. The molecule has 1 aromatic rings. The second-order valence-corrected chi connectivity index (χ2v) is 4.63. The summed E-state index contributed by atoms with van der Waals surface area (Å²) in [5.74, 6) is -0.288. The fraction of sp³-hybridized carbons (Fsp3) is 0.600. The number of anilines is 1. The van der Waals surface area contributed by atoms with Crippen LogP contribution in [0.4, 0.5) is 6.01 Å². The molecule has 0 aliphatic heterocycles. The van der Waals surface area contributed by atoms with Crippen LogP contribution in [0.5, 0.6) is 0 Å². The van der Waals surface area contributed by atoms with E-state index in [0.717, 1.165) is 5.69 Å². The van der Waals surface area contributed by atoms with Crippen LogP contribution in [0.2, 0.25) is 0 Å². The van der Waals surface area contributed by atoms with E-state index in [1.54, 1.807) is 6.92 Å². The molecule has 0 fully saturated rings. The van der Waals surface area contributed by atoms with Gasteiger partial charge in [0.2, 0.25) is 5.91 Å². The molecule has 1 heterocycles. The van der Waals surface area contributed by atoms with Crippen LogP contribution in [-0.4, -0.2) is 16.9 Å². The second kappa shape index (κ2) is 4.02. The van der Waals surface area contributed by atoms with Crippen molar-refractivity contribution in [3.05, 3.63) is 12.0 Å². The lowest BCUT2D eigenvalue weighted by Crippen LogP contribution is -2.45. The molecule has 5 nitrogen and oxygen atoms in total. The molecular formula is C10H17N3O2. The van der Waals surface area contributed by atoms with Gasteiger partial charge in [-0.3, -0.25) is 10.1 Å². The number of carbonyl (C=O) groups is 1. The zero-order valence-electron chi connectivity index (χ0n) is 9.50. The molecular weight excluding hydrogens is 194 g/mol. The number of hydrogen-bond donors (Lipinski definition) is 2. The second-order valence-electron chi connectivity index (χ2n) is 4.63. The quantitative estimate of drug-likeness (QED) is 0.772. The van der Waals surface area contributed by atoms with Gasteiger partial charge in [0.25, 0.3) is 0 Å². The maximum atomic E-state index is 11.6. The van der Waals surface area contributed by atoms with Gasteiger partial charge in [0.05, 0.1) is 11.7 Å². The van der Waals surface area contributed by atoms with Gasteiger partial charge in [-0.2, -0.15) is 4.98 Å². The van der Waals surface area contributed by atoms with Crippen LogP contribution in [0.1, 0.15) is 26.5 Å². The molecule has 0 aliphatic rings. The minimum atomic E-state index is -0.593. The lowest BCUT2D eigenvalue weighted by molar-refractivity contribution is -0.119. The Morgan fingerprint density at radius 2 is 2.20 bits per heavy atom. The first-order valence-electron chi connectivity index (χ1n) is 4.79. The topological polar surface area (TPSA) is 81.2 Å². The van der Waals surface area contributed by atoms with Crippen molar-refractivity contribution in [3.8, 4) is 0 Å². The highest BCUT2D eigenvalue weighted by Crippen LogP contribution is 2.18. The molecule has 5 heteroatoms. The average Bonchev–Trinajstić information content (AvgIpc) is 2.48. The summed E-state index contributed by atoms with van der Waals surface area (Å²) in [7, 11) is 0. The first-order chi connectivity index (χ1) is 6.80. The van der Waals surface area contributed by atoms with E-state index < -0.39 is 6.04 Å². The minimum absolute atomic E-state index is 0.192. The SMILES string of the molecule is Cc1coc(NC(=O)[C@@H](N)C(C)(C)C)n1. The van der Waals surface area contributed by atoms with E-state index in [4.69, 9.17) is 10.2 Å². The van der Waals surface area contributed by atoms with Crippen molar-refractivity contribution in [2.75, 3.05) is 5.32 Å². The third-order valence-corrected chi connectivity index (χ3v) is 2.06. The Hall–Kier alpha value is -1.36. The van der Waals surface area contributed by atoms with Crippen LogP contribution < -0.4 is 11.1 Å². The summed E-state index contributed by atoms with van der Waals surface area (Å²) in [6, 6.07) is -0.401. The van der Waals surface area contributed by atoms with Crippen molar-refractivity contribution in [1.29, 1.82) is 0 Å². The Morgan fingerprint density at radius 3 is 2.60 bits per heavy atom. The van der Waals surface area contributed by atoms with Gasteiger partial charge < -0.3 is 10.2 Å². The average molecular weight is 211 g/mol. The number of carbonyl (C=O) groups excluding carboxylic acids is 1. The smallest absolute Gasteiger partial charge is 0.301 e. The molecule has 1 amide bonds. The number of oxazole rings is 1. The van der Waals surface area contributed by atoms with Gasteiger partial charge >= 0.3 is 6.01 Å². The molecule has 84 valence electrons. The van der Waals surface area contributed by atoms with Crippen molar-refractivity contribution in [1.82, 2.24) is 4.98 Å². The molecule has 1 aromatic heterocycles. The van der Waals surface area contributed by atoms with Gasteiger partial charge in [0, 0.05) is 0 Å². The maximum Gasteiger partial charge on any atom is 0.301 e. The number of amides is 1. The number of aryl methyl sites for hydroxylation is 1. The fourth-order valence-electron chi connectivity index (χ4n) is 0.988. The highest BCUT2D eigenvalue weighted by Gasteiger charge is 2.28. The number of rotatable bonds is 2. The van der Waals surface area contributed by atoms with E-state index >= 15 is 0 Å². The van der Waals surface area contributed by atoms with Gasteiger partial charge in [-0.25, -0.2) is 0 Å². The van der Waals surface area contributed by atoms with Crippen molar-refractivity contribution in [2.24, 2.45) is 11.1 Å². The minimum Gasteiger partial charge on any atom is -0.432 e. The molecule has 0 radical (unpaired) electrons. The number of nitrogens with two attached hydrogens (primary N) is 1. The van der Waals surface area contributed by atoms with E-state index in [1.165, 1.54) is 6.26 Å². The third kappa shape index (κ3) is 3.06. The van der Waals surface area contributed by atoms with Crippen LogP contribution in [0.3, 0.4) is 0 Å². The molecule has 0 aromatic carbocycles. The molecule has 15 heavy (non-hydrogen) atoms. The summed E-state index contributed by atoms with van der Waals surface area (Å²) >= 11 is 0. The van der Waals surface area contributed by atoms with Crippen molar-refractivity contribution in [3.63, 3.8) is 0 Å². The molecule has 0 spiro atoms. The highest BCUT2D eigenvalue weighted by atomic mass is 16.4. The Labute approximate surface area is 89.1 Å². The van der Waals surface area contributed by atoms with Crippen LogP contribution >= 0.6 is 0 Å². The number of nitrogens with one attached hydrogen (secondary N) is 1. The van der Waals surface area contributed by atoms with Crippen LogP contribution in [0, 0.1) is 12.3 Å². The zero-order chi connectivity index (χ0) is 11.6. The maximum absolute atomic E-state index is 11.6. The summed E-state index contributed by atoms with van der Waals surface area (Å²) < 4.78 is 5.00. The molecule has 0 saturated heterocycles. The van der Waals surface area contributed by atoms with E-state index in [2.05, 4.69) is 10.3 Å². The predicted octanol–water partition coefficient (Wildman–Crippen LogP) is 1.29. The number of nitrogens with zero attached hydrogens (tertiary/aromatic N) is 1. The van der Waals surface area contributed by atoms with Gasteiger partial charge in [-0.05, 0) is 12.3 Å². The molecule has 0 bridgehead atoms. The summed E-state index contributed by atoms with van der Waals surface area (Å²) in [6.45, 7) is 7.48. The first kappa shape index (κ1) is 11.7. The van der Waals surface area contributed by atoms with E-state index in [9.17, 15) is 4.79 Å². The Morgan fingerprint density at radius 1 is 1.60 bits per heavy atom. The predicted molar refractivity (Wildman–Crippen MR) is 57.3 cm³/mol. The monoisotopic (exact) mass is 211 g/mol. The fourth-order valence-corrected chi connectivity index (χ4v) is 0.988. The largest absolute Gasteiger partial charge is 0.432 e. The van der Waals surface area contributed by atoms with Crippen molar-refractivity contribution >= 4 is 11.9 Å². The normalized spacial score (nSPS) is 13.7. The highest BCUT2D eigenvalue weighted by molar-refractivity contribution is 5.93. The number of aromatic nitrogens is 1. The van der Waals surface area contributed by atoms with Crippen molar-refractivity contribution < 1.29 is 9.21 Å². The van der Waals surface area contributed by atoms with Crippen molar-refractivity contribution in [2.45, 2.75) is 33.7 Å². The van der Waals surface area contributed by atoms with Gasteiger partial charge in [0.15, 0.2) is 0 Å².